The third-order valence-corrected chi connectivity index (χ3v) is 5.38. The van der Waals surface area contributed by atoms with E-state index in [2.05, 4.69) is 10.0 Å². The number of anilines is 3. The molecule has 0 aromatic heterocycles. The van der Waals surface area contributed by atoms with Crippen LogP contribution in [0.5, 0.6) is 0 Å². The number of sulfonamides is 1. The lowest BCUT2D eigenvalue weighted by Gasteiger charge is -2.20. The number of para-hydroxylation sites is 2. The van der Waals surface area contributed by atoms with Crippen molar-refractivity contribution in [3.63, 3.8) is 0 Å². The van der Waals surface area contributed by atoms with E-state index in [4.69, 9.17) is 0 Å². The number of hydrogen-bond donors (Lipinski definition) is 2. The fraction of sp³-hybridized carbons (Fsp3) is 0.222. The van der Waals surface area contributed by atoms with Crippen LogP contribution in [0.2, 0.25) is 0 Å². The van der Waals surface area contributed by atoms with Crippen LogP contribution in [0, 0.1) is 0 Å². The summed E-state index contributed by atoms with van der Waals surface area (Å²) in [5.41, 5.74) is 1.42. The topological polar surface area (TPSA) is 95.6 Å². The smallest absolute Gasteiger partial charge is 0.261 e. The molecule has 1 heterocycles. The van der Waals surface area contributed by atoms with Crippen LogP contribution >= 0.6 is 0 Å². The quantitative estimate of drug-likeness (QED) is 0.842. The zero-order valence-corrected chi connectivity index (χ0v) is 15.0. The first kappa shape index (κ1) is 17.9. The lowest BCUT2D eigenvalue weighted by molar-refractivity contribution is -0.117. The Morgan fingerprint density at radius 2 is 1.77 bits per heavy atom. The molecule has 2 amide bonds. The number of benzene rings is 2. The average Bonchev–Trinajstić information content (AvgIpc) is 3.01. The van der Waals surface area contributed by atoms with Crippen LogP contribution in [0.4, 0.5) is 17.1 Å². The van der Waals surface area contributed by atoms with Crippen LogP contribution in [-0.2, 0) is 19.6 Å². The van der Waals surface area contributed by atoms with Gasteiger partial charge in [0.25, 0.3) is 10.0 Å². The highest BCUT2D eigenvalue weighted by atomic mass is 32.2. The number of nitrogens with zero attached hydrogens (tertiary/aromatic N) is 1. The molecule has 1 saturated heterocycles. The number of nitrogens with one attached hydrogen (secondary N) is 2. The summed E-state index contributed by atoms with van der Waals surface area (Å²) < 4.78 is 27.9. The van der Waals surface area contributed by atoms with Gasteiger partial charge in [-0.05, 0) is 42.8 Å². The highest BCUT2D eigenvalue weighted by Crippen LogP contribution is 2.31. The molecule has 0 atom stereocenters. The molecule has 8 heteroatoms. The van der Waals surface area contributed by atoms with Crippen molar-refractivity contribution in [2.45, 2.75) is 24.7 Å². The predicted molar refractivity (Wildman–Crippen MR) is 99.6 cm³/mol. The molecule has 1 fully saturated rings. The minimum Gasteiger partial charge on any atom is -0.326 e. The summed E-state index contributed by atoms with van der Waals surface area (Å²) in [7, 11) is -3.83. The molecule has 0 aliphatic carbocycles. The summed E-state index contributed by atoms with van der Waals surface area (Å²) in [6.07, 6.45) is 1.22. The van der Waals surface area contributed by atoms with Crippen LogP contribution in [0.25, 0.3) is 0 Å². The highest BCUT2D eigenvalue weighted by Gasteiger charge is 2.25. The molecule has 26 heavy (non-hydrogen) atoms. The Labute approximate surface area is 152 Å². The van der Waals surface area contributed by atoms with Crippen molar-refractivity contribution in [3.8, 4) is 0 Å². The Kier molecular flexibility index (Phi) is 4.94. The van der Waals surface area contributed by atoms with E-state index in [1.807, 2.05) is 0 Å². The van der Waals surface area contributed by atoms with Gasteiger partial charge in [0.1, 0.15) is 0 Å². The van der Waals surface area contributed by atoms with Gasteiger partial charge in [0, 0.05) is 25.6 Å². The van der Waals surface area contributed by atoms with Crippen LogP contribution in [0.1, 0.15) is 19.8 Å². The first-order valence-electron chi connectivity index (χ1n) is 8.17. The van der Waals surface area contributed by atoms with Gasteiger partial charge in [-0.3, -0.25) is 14.3 Å². The molecule has 7 nitrogen and oxygen atoms in total. The zero-order chi connectivity index (χ0) is 18.7. The Hall–Kier alpha value is -2.87. The van der Waals surface area contributed by atoms with Gasteiger partial charge in [-0.1, -0.05) is 12.1 Å². The summed E-state index contributed by atoms with van der Waals surface area (Å²) in [5, 5.41) is 2.59. The largest absolute Gasteiger partial charge is 0.326 e. The number of rotatable bonds is 5. The Bertz CT molecular complexity index is 939. The standard InChI is InChI=1S/C18H19N3O4S/c1-13(22)19-14-8-10-15(11-9-14)26(24,25)20-16-5-2-3-6-17(16)21-12-4-7-18(21)23/h2-3,5-6,8-11,20H,4,7,12H2,1H3,(H,19,22). The van der Waals surface area contributed by atoms with Gasteiger partial charge in [0.15, 0.2) is 0 Å². The fourth-order valence-corrected chi connectivity index (χ4v) is 3.90. The van der Waals surface area contributed by atoms with Gasteiger partial charge in [-0.15, -0.1) is 0 Å². The van der Waals surface area contributed by atoms with E-state index in [-0.39, 0.29) is 16.7 Å². The molecule has 0 bridgehead atoms. The molecule has 2 N–H and O–H groups in total. The fourth-order valence-electron chi connectivity index (χ4n) is 2.82. The van der Waals surface area contributed by atoms with Crippen molar-refractivity contribution in [2.75, 3.05) is 21.5 Å². The van der Waals surface area contributed by atoms with Gasteiger partial charge >= 0.3 is 0 Å². The lowest BCUT2D eigenvalue weighted by Crippen LogP contribution is -2.25. The van der Waals surface area contributed by atoms with Gasteiger partial charge in [0.05, 0.1) is 16.3 Å². The Balaban J connectivity index is 1.86. The molecular formula is C18H19N3O4S. The van der Waals surface area contributed by atoms with Gasteiger partial charge in [-0.2, -0.15) is 0 Å². The summed E-state index contributed by atoms with van der Waals surface area (Å²) in [5.74, 6) is -0.251. The predicted octanol–water partition coefficient (Wildman–Crippen LogP) is 2.57. The number of carbonyl (C=O) groups excluding carboxylic acids is 2. The van der Waals surface area contributed by atoms with Crippen LogP contribution in [-0.4, -0.2) is 26.8 Å². The third kappa shape index (κ3) is 3.85. The van der Waals surface area contributed by atoms with E-state index in [0.29, 0.717) is 30.0 Å². The third-order valence-electron chi connectivity index (χ3n) is 4.00. The first-order chi connectivity index (χ1) is 12.4. The minimum atomic E-state index is -3.83. The molecule has 2 aromatic carbocycles. The summed E-state index contributed by atoms with van der Waals surface area (Å²) in [6.45, 7) is 1.95. The molecule has 3 rings (SSSR count). The van der Waals surface area contributed by atoms with E-state index in [1.54, 1.807) is 29.2 Å². The van der Waals surface area contributed by atoms with Crippen LogP contribution < -0.4 is 14.9 Å². The second kappa shape index (κ2) is 7.17. The van der Waals surface area contributed by atoms with Crippen LogP contribution in [0.15, 0.2) is 53.4 Å². The molecule has 136 valence electrons. The highest BCUT2D eigenvalue weighted by molar-refractivity contribution is 7.92. The second-order valence-corrected chi connectivity index (χ2v) is 7.66. The molecule has 0 radical (unpaired) electrons. The minimum absolute atomic E-state index is 0.0173. The van der Waals surface area contributed by atoms with Crippen molar-refractivity contribution in [3.05, 3.63) is 48.5 Å². The second-order valence-electron chi connectivity index (χ2n) is 5.98. The van der Waals surface area contributed by atoms with Crippen molar-refractivity contribution in [1.82, 2.24) is 0 Å². The normalized spacial score (nSPS) is 14.3. The molecular weight excluding hydrogens is 354 g/mol. The van der Waals surface area contributed by atoms with Gasteiger partial charge < -0.3 is 10.2 Å². The van der Waals surface area contributed by atoms with E-state index >= 15 is 0 Å². The van der Waals surface area contributed by atoms with Crippen molar-refractivity contribution in [1.29, 1.82) is 0 Å². The maximum atomic E-state index is 12.7. The van der Waals surface area contributed by atoms with Gasteiger partial charge in [-0.25, -0.2) is 8.42 Å². The Morgan fingerprint density at radius 1 is 1.08 bits per heavy atom. The molecule has 1 aliphatic rings. The van der Waals surface area contributed by atoms with E-state index in [9.17, 15) is 18.0 Å². The lowest BCUT2D eigenvalue weighted by atomic mass is 10.2. The summed E-state index contributed by atoms with van der Waals surface area (Å²) in [6, 6.07) is 12.7. The van der Waals surface area contributed by atoms with Crippen molar-refractivity contribution >= 4 is 38.9 Å². The number of carbonyl (C=O) groups is 2. The van der Waals surface area contributed by atoms with E-state index in [1.165, 1.54) is 31.2 Å². The molecule has 0 saturated carbocycles. The Morgan fingerprint density at radius 3 is 2.38 bits per heavy atom. The monoisotopic (exact) mass is 373 g/mol. The first-order valence-corrected chi connectivity index (χ1v) is 9.65. The molecule has 1 aliphatic heterocycles. The zero-order valence-electron chi connectivity index (χ0n) is 14.2. The molecule has 2 aromatic rings. The average molecular weight is 373 g/mol. The maximum Gasteiger partial charge on any atom is 0.261 e. The van der Waals surface area contributed by atoms with Crippen molar-refractivity contribution < 1.29 is 18.0 Å². The van der Waals surface area contributed by atoms with Crippen LogP contribution in [0.3, 0.4) is 0 Å². The van der Waals surface area contributed by atoms with E-state index in [0.717, 1.165) is 6.42 Å². The number of hydrogen-bond acceptors (Lipinski definition) is 4. The van der Waals surface area contributed by atoms with E-state index < -0.39 is 10.0 Å². The van der Waals surface area contributed by atoms with Gasteiger partial charge in [0.2, 0.25) is 11.8 Å². The van der Waals surface area contributed by atoms with Crippen molar-refractivity contribution in [2.24, 2.45) is 0 Å². The SMILES string of the molecule is CC(=O)Nc1ccc(S(=O)(=O)Nc2ccccc2N2CCCC2=O)cc1. The molecule has 0 unspecified atom stereocenters. The summed E-state index contributed by atoms with van der Waals surface area (Å²) in [4.78, 5) is 24.7. The number of amides is 2. The summed E-state index contributed by atoms with van der Waals surface area (Å²) >= 11 is 0. The molecule has 0 spiro atoms. The maximum absolute atomic E-state index is 12.7.